The minimum absolute atomic E-state index is 0.308. The summed E-state index contributed by atoms with van der Waals surface area (Å²) in [7, 11) is 0. The standard InChI is InChI=1S/C12H16ClNOS/c1-8(15)7-14-11-4-5-16-12-3-2-9(13)6-10(11)12/h2-3,6,8,11,14-15H,4-5,7H2,1H3. The quantitative estimate of drug-likeness (QED) is 0.874. The highest BCUT2D eigenvalue weighted by Gasteiger charge is 2.20. The lowest BCUT2D eigenvalue weighted by Gasteiger charge is -2.26. The lowest BCUT2D eigenvalue weighted by molar-refractivity contribution is 0.185. The van der Waals surface area contributed by atoms with Gasteiger partial charge < -0.3 is 10.4 Å². The third-order valence-electron chi connectivity index (χ3n) is 2.67. The molecule has 0 aromatic heterocycles. The van der Waals surface area contributed by atoms with E-state index in [1.165, 1.54) is 10.5 Å². The Morgan fingerprint density at radius 2 is 2.44 bits per heavy atom. The van der Waals surface area contributed by atoms with E-state index in [0.29, 0.717) is 12.6 Å². The predicted octanol–water partition coefficient (Wildman–Crippen LogP) is 2.85. The second-order valence-corrected chi connectivity index (χ2v) is 5.70. The van der Waals surface area contributed by atoms with Crippen molar-refractivity contribution in [1.29, 1.82) is 0 Å². The number of aliphatic hydroxyl groups excluding tert-OH is 1. The van der Waals surface area contributed by atoms with Crippen LogP contribution in [0, 0.1) is 0 Å². The van der Waals surface area contributed by atoms with E-state index in [-0.39, 0.29) is 6.10 Å². The van der Waals surface area contributed by atoms with Crippen molar-refractivity contribution in [3.05, 3.63) is 28.8 Å². The summed E-state index contributed by atoms with van der Waals surface area (Å²) in [6.45, 7) is 2.42. The normalized spacial score (nSPS) is 21.6. The molecule has 1 heterocycles. The van der Waals surface area contributed by atoms with Crippen molar-refractivity contribution < 1.29 is 5.11 Å². The summed E-state index contributed by atoms with van der Waals surface area (Å²) in [5.41, 5.74) is 1.27. The lowest BCUT2D eigenvalue weighted by atomic mass is 10.0. The summed E-state index contributed by atoms with van der Waals surface area (Å²) >= 11 is 7.89. The summed E-state index contributed by atoms with van der Waals surface area (Å²) in [5, 5.41) is 13.5. The number of hydrogen-bond donors (Lipinski definition) is 2. The summed E-state index contributed by atoms with van der Waals surface area (Å²) in [6.07, 6.45) is 0.780. The molecule has 0 saturated heterocycles. The van der Waals surface area contributed by atoms with Crippen LogP contribution in [0.3, 0.4) is 0 Å². The van der Waals surface area contributed by atoms with Crippen molar-refractivity contribution in [2.24, 2.45) is 0 Å². The van der Waals surface area contributed by atoms with E-state index in [9.17, 15) is 5.11 Å². The first-order chi connectivity index (χ1) is 7.66. The maximum Gasteiger partial charge on any atom is 0.0636 e. The van der Waals surface area contributed by atoms with E-state index in [2.05, 4.69) is 11.4 Å². The van der Waals surface area contributed by atoms with Crippen LogP contribution in [0.5, 0.6) is 0 Å². The van der Waals surface area contributed by atoms with Gasteiger partial charge in [0.05, 0.1) is 6.10 Å². The molecular weight excluding hydrogens is 242 g/mol. The number of thioether (sulfide) groups is 1. The fourth-order valence-electron chi connectivity index (χ4n) is 1.89. The second kappa shape index (κ2) is 5.41. The van der Waals surface area contributed by atoms with E-state index >= 15 is 0 Å². The van der Waals surface area contributed by atoms with Gasteiger partial charge in [-0.25, -0.2) is 0 Å². The lowest BCUT2D eigenvalue weighted by Crippen LogP contribution is -2.30. The molecule has 1 aromatic rings. The number of rotatable bonds is 3. The molecule has 2 N–H and O–H groups in total. The zero-order valence-corrected chi connectivity index (χ0v) is 10.8. The molecule has 1 aliphatic heterocycles. The van der Waals surface area contributed by atoms with Crippen molar-refractivity contribution in [3.8, 4) is 0 Å². The van der Waals surface area contributed by atoms with Gasteiger partial charge in [-0.2, -0.15) is 0 Å². The molecule has 2 unspecified atom stereocenters. The fraction of sp³-hybridized carbons (Fsp3) is 0.500. The van der Waals surface area contributed by atoms with E-state index in [0.717, 1.165) is 17.2 Å². The Morgan fingerprint density at radius 1 is 1.62 bits per heavy atom. The average Bonchev–Trinajstić information content (AvgIpc) is 2.26. The summed E-state index contributed by atoms with van der Waals surface area (Å²) in [4.78, 5) is 1.30. The van der Waals surface area contributed by atoms with Crippen molar-refractivity contribution in [2.45, 2.75) is 30.4 Å². The summed E-state index contributed by atoms with van der Waals surface area (Å²) in [6, 6.07) is 6.37. The summed E-state index contributed by atoms with van der Waals surface area (Å²) in [5.74, 6) is 1.12. The molecule has 1 aromatic carbocycles. The molecule has 0 radical (unpaired) electrons. The first-order valence-electron chi connectivity index (χ1n) is 5.50. The number of hydrogen-bond acceptors (Lipinski definition) is 3. The van der Waals surface area contributed by atoms with Gasteiger partial charge in [0.1, 0.15) is 0 Å². The third kappa shape index (κ3) is 2.92. The predicted molar refractivity (Wildman–Crippen MR) is 69.2 cm³/mol. The van der Waals surface area contributed by atoms with Crippen LogP contribution in [-0.2, 0) is 0 Å². The molecule has 1 aliphatic rings. The van der Waals surface area contributed by atoms with Gasteiger partial charge in [0.2, 0.25) is 0 Å². The SMILES string of the molecule is CC(O)CNC1CCSc2ccc(Cl)cc21. The fourth-order valence-corrected chi connectivity index (χ4v) is 3.18. The maximum absolute atomic E-state index is 9.29. The minimum atomic E-state index is -0.308. The van der Waals surface area contributed by atoms with Gasteiger partial charge in [0, 0.05) is 22.5 Å². The molecule has 2 nitrogen and oxygen atoms in total. The minimum Gasteiger partial charge on any atom is -0.392 e. The van der Waals surface area contributed by atoms with E-state index < -0.39 is 0 Å². The molecule has 16 heavy (non-hydrogen) atoms. The monoisotopic (exact) mass is 257 g/mol. The number of halogens is 1. The molecule has 2 rings (SSSR count). The molecule has 2 atom stereocenters. The number of aliphatic hydroxyl groups is 1. The van der Waals surface area contributed by atoms with Crippen LogP contribution in [0.15, 0.2) is 23.1 Å². The van der Waals surface area contributed by atoms with Gasteiger partial charge >= 0.3 is 0 Å². The molecule has 4 heteroatoms. The van der Waals surface area contributed by atoms with Gasteiger partial charge in [-0.3, -0.25) is 0 Å². The van der Waals surface area contributed by atoms with Crippen LogP contribution in [0.25, 0.3) is 0 Å². The van der Waals surface area contributed by atoms with Crippen LogP contribution >= 0.6 is 23.4 Å². The Hall–Kier alpha value is -0.220. The first-order valence-corrected chi connectivity index (χ1v) is 6.87. The van der Waals surface area contributed by atoms with Gasteiger partial charge in [0.15, 0.2) is 0 Å². The topological polar surface area (TPSA) is 32.3 Å². The van der Waals surface area contributed by atoms with E-state index in [4.69, 9.17) is 11.6 Å². The molecule has 0 aliphatic carbocycles. The van der Waals surface area contributed by atoms with Gasteiger partial charge in [-0.1, -0.05) is 11.6 Å². The Bertz CT molecular complexity index is 370. The first kappa shape index (κ1) is 12.2. The molecule has 0 spiro atoms. The smallest absolute Gasteiger partial charge is 0.0636 e. The van der Waals surface area contributed by atoms with Crippen LogP contribution in [-0.4, -0.2) is 23.5 Å². The number of benzene rings is 1. The molecular formula is C12H16ClNOS. The van der Waals surface area contributed by atoms with E-state index in [1.807, 2.05) is 23.9 Å². The number of fused-ring (bicyclic) bond motifs is 1. The zero-order chi connectivity index (χ0) is 11.5. The van der Waals surface area contributed by atoms with Crippen molar-refractivity contribution in [1.82, 2.24) is 5.32 Å². The Kier molecular flexibility index (Phi) is 4.14. The Balaban J connectivity index is 2.15. The van der Waals surface area contributed by atoms with Gasteiger partial charge in [-0.05, 0) is 42.9 Å². The maximum atomic E-state index is 9.29. The molecule has 0 bridgehead atoms. The molecule has 0 saturated carbocycles. The Morgan fingerprint density at radius 3 is 3.19 bits per heavy atom. The highest BCUT2D eigenvalue weighted by molar-refractivity contribution is 7.99. The zero-order valence-electron chi connectivity index (χ0n) is 9.24. The van der Waals surface area contributed by atoms with Crippen LogP contribution < -0.4 is 5.32 Å². The van der Waals surface area contributed by atoms with Crippen molar-refractivity contribution >= 4 is 23.4 Å². The Labute approximate surface area is 105 Å². The highest BCUT2D eigenvalue weighted by Crippen LogP contribution is 2.37. The van der Waals surface area contributed by atoms with Crippen LogP contribution in [0.2, 0.25) is 5.02 Å². The molecule has 0 fully saturated rings. The third-order valence-corrected chi connectivity index (χ3v) is 4.03. The molecule has 88 valence electrons. The van der Waals surface area contributed by atoms with Crippen LogP contribution in [0.1, 0.15) is 24.9 Å². The average molecular weight is 258 g/mol. The second-order valence-electron chi connectivity index (χ2n) is 4.13. The summed E-state index contributed by atoms with van der Waals surface area (Å²) < 4.78 is 0. The molecule has 0 amide bonds. The van der Waals surface area contributed by atoms with Gasteiger partial charge in [0.25, 0.3) is 0 Å². The van der Waals surface area contributed by atoms with Crippen LogP contribution in [0.4, 0.5) is 0 Å². The van der Waals surface area contributed by atoms with Crippen molar-refractivity contribution in [3.63, 3.8) is 0 Å². The van der Waals surface area contributed by atoms with Gasteiger partial charge in [-0.15, -0.1) is 11.8 Å². The number of nitrogens with one attached hydrogen (secondary N) is 1. The van der Waals surface area contributed by atoms with E-state index in [1.54, 1.807) is 6.92 Å². The largest absolute Gasteiger partial charge is 0.392 e. The van der Waals surface area contributed by atoms with Crippen molar-refractivity contribution in [2.75, 3.05) is 12.3 Å². The highest BCUT2D eigenvalue weighted by atomic mass is 35.5.